The van der Waals surface area contributed by atoms with Crippen LogP contribution >= 0.6 is 12.2 Å². The minimum Gasteiger partial charge on any atom is -0.488 e. The number of ether oxygens (including phenoxy) is 3. The standard InChI is InChI=1S/C37H32N2O4S/c1-41-24-43-36-28(22-40)21-27-12-6-8-17-32(27)35(36)34-31-16-7-5-11-26(31)18-19-33(34)42-23-25-10-9-15-30(20-25)39-37(44)38-29-13-3-2-4-14-29/h2-21,40H,22-24H2,1H3,(H2,38,39,44). The summed E-state index contributed by atoms with van der Waals surface area (Å²) in [4.78, 5) is 0. The van der Waals surface area contributed by atoms with Crippen molar-refractivity contribution in [1.29, 1.82) is 0 Å². The fourth-order valence-corrected chi connectivity index (χ4v) is 5.62. The zero-order chi connectivity index (χ0) is 30.3. The van der Waals surface area contributed by atoms with Crippen LogP contribution in [0.3, 0.4) is 0 Å². The van der Waals surface area contributed by atoms with Gasteiger partial charge in [-0.2, -0.15) is 0 Å². The number of methoxy groups -OCH3 is 1. The molecule has 6 nitrogen and oxygen atoms in total. The first-order valence-electron chi connectivity index (χ1n) is 14.3. The summed E-state index contributed by atoms with van der Waals surface area (Å²) < 4.78 is 18.1. The van der Waals surface area contributed by atoms with E-state index in [0.717, 1.165) is 49.6 Å². The highest BCUT2D eigenvalue weighted by Gasteiger charge is 2.22. The highest BCUT2D eigenvalue weighted by molar-refractivity contribution is 7.80. The van der Waals surface area contributed by atoms with E-state index in [1.165, 1.54) is 0 Å². The Morgan fingerprint density at radius 2 is 1.36 bits per heavy atom. The SMILES string of the molecule is COCOc1c(CO)cc2ccccc2c1-c1c(OCc2cccc(NC(=S)Nc3ccccc3)c2)ccc2ccccc12. The van der Waals surface area contributed by atoms with Gasteiger partial charge in [-0.1, -0.05) is 84.9 Å². The van der Waals surface area contributed by atoms with E-state index in [2.05, 4.69) is 34.9 Å². The highest BCUT2D eigenvalue weighted by Crippen LogP contribution is 2.47. The van der Waals surface area contributed by atoms with Gasteiger partial charge in [0.1, 0.15) is 18.1 Å². The third kappa shape index (κ3) is 6.35. The molecule has 0 heterocycles. The Balaban J connectivity index is 1.38. The number of nitrogens with one attached hydrogen (secondary N) is 2. The number of fused-ring (bicyclic) bond motifs is 2. The molecule has 0 spiro atoms. The van der Waals surface area contributed by atoms with Crippen LogP contribution in [-0.4, -0.2) is 24.1 Å². The van der Waals surface area contributed by atoms with Gasteiger partial charge in [-0.05, 0) is 75.7 Å². The lowest BCUT2D eigenvalue weighted by molar-refractivity contribution is 0.0500. The first kappa shape index (κ1) is 29.1. The molecule has 0 aliphatic heterocycles. The van der Waals surface area contributed by atoms with E-state index in [0.29, 0.717) is 28.8 Å². The van der Waals surface area contributed by atoms with Gasteiger partial charge in [0, 0.05) is 35.2 Å². The molecule has 0 atom stereocenters. The molecule has 6 aromatic carbocycles. The third-order valence-electron chi connectivity index (χ3n) is 7.32. The summed E-state index contributed by atoms with van der Waals surface area (Å²) in [6, 6.07) is 40.1. The topological polar surface area (TPSA) is 72.0 Å². The minimum atomic E-state index is -0.182. The van der Waals surface area contributed by atoms with E-state index >= 15 is 0 Å². The summed E-state index contributed by atoms with van der Waals surface area (Å²) in [6.45, 7) is 0.185. The van der Waals surface area contributed by atoms with Crippen molar-refractivity contribution in [3.05, 3.63) is 132 Å². The Morgan fingerprint density at radius 1 is 0.682 bits per heavy atom. The molecule has 6 rings (SSSR count). The second-order valence-electron chi connectivity index (χ2n) is 10.3. The summed E-state index contributed by atoms with van der Waals surface area (Å²) in [6.07, 6.45) is 0. The lowest BCUT2D eigenvalue weighted by Gasteiger charge is -2.21. The van der Waals surface area contributed by atoms with Crippen LogP contribution in [0, 0.1) is 0 Å². The van der Waals surface area contributed by atoms with E-state index in [9.17, 15) is 5.11 Å². The fraction of sp³-hybridized carbons (Fsp3) is 0.108. The number of hydrogen-bond acceptors (Lipinski definition) is 5. The normalized spacial score (nSPS) is 11.0. The molecular weight excluding hydrogens is 568 g/mol. The lowest BCUT2D eigenvalue weighted by Crippen LogP contribution is -2.19. The van der Waals surface area contributed by atoms with E-state index < -0.39 is 0 Å². The number of hydrogen-bond donors (Lipinski definition) is 3. The largest absolute Gasteiger partial charge is 0.488 e. The summed E-state index contributed by atoms with van der Waals surface area (Å²) in [5, 5.41) is 21.4. The Bertz CT molecular complexity index is 1930. The molecule has 0 radical (unpaired) electrons. The molecule has 0 aliphatic rings. The van der Waals surface area contributed by atoms with Crippen LogP contribution in [-0.2, 0) is 18.0 Å². The van der Waals surface area contributed by atoms with Crippen molar-refractivity contribution in [3.8, 4) is 22.6 Å². The van der Waals surface area contributed by atoms with Crippen molar-refractivity contribution < 1.29 is 19.3 Å². The highest BCUT2D eigenvalue weighted by atomic mass is 32.1. The van der Waals surface area contributed by atoms with Gasteiger partial charge in [0.25, 0.3) is 0 Å². The van der Waals surface area contributed by atoms with Crippen molar-refractivity contribution in [3.63, 3.8) is 0 Å². The number of anilines is 2. The van der Waals surface area contributed by atoms with Crippen molar-refractivity contribution in [2.75, 3.05) is 24.5 Å². The first-order valence-corrected chi connectivity index (χ1v) is 14.7. The van der Waals surface area contributed by atoms with Crippen molar-refractivity contribution >= 4 is 50.2 Å². The summed E-state index contributed by atoms with van der Waals surface area (Å²) in [5.41, 5.74) is 5.16. The Morgan fingerprint density at radius 3 is 2.14 bits per heavy atom. The second-order valence-corrected chi connectivity index (χ2v) is 10.7. The molecule has 3 N–H and O–H groups in total. The lowest BCUT2D eigenvalue weighted by atomic mass is 9.90. The van der Waals surface area contributed by atoms with Crippen LogP contribution in [0.1, 0.15) is 11.1 Å². The molecule has 0 saturated carbocycles. The molecule has 7 heteroatoms. The molecule has 6 aromatic rings. The van der Waals surface area contributed by atoms with Crippen molar-refractivity contribution in [2.45, 2.75) is 13.2 Å². The van der Waals surface area contributed by atoms with Crippen LogP contribution in [0.2, 0.25) is 0 Å². The number of rotatable bonds is 10. The van der Waals surface area contributed by atoms with Gasteiger partial charge >= 0.3 is 0 Å². The molecule has 44 heavy (non-hydrogen) atoms. The Kier molecular flexibility index (Phi) is 8.98. The van der Waals surface area contributed by atoms with Crippen molar-refractivity contribution in [1.82, 2.24) is 0 Å². The second kappa shape index (κ2) is 13.6. The van der Waals surface area contributed by atoms with Crippen LogP contribution in [0.15, 0.2) is 121 Å². The van der Waals surface area contributed by atoms with Gasteiger partial charge in [-0.15, -0.1) is 0 Å². The molecule has 0 aromatic heterocycles. The molecule has 0 fully saturated rings. The van der Waals surface area contributed by atoms with Gasteiger partial charge in [0.15, 0.2) is 11.9 Å². The molecular formula is C37H32N2O4S. The fourth-order valence-electron chi connectivity index (χ4n) is 5.38. The van der Waals surface area contributed by atoms with E-state index in [1.807, 2.05) is 97.1 Å². The van der Waals surface area contributed by atoms with Crippen LogP contribution in [0.4, 0.5) is 11.4 Å². The van der Waals surface area contributed by atoms with Gasteiger partial charge in [-0.25, -0.2) is 0 Å². The maximum absolute atomic E-state index is 10.4. The van der Waals surface area contributed by atoms with Crippen molar-refractivity contribution in [2.24, 2.45) is 0 Å². The molecule has 0 aliphatic carbocycles. The molecule has 0 unspecified atom stereocenters. The number of para-hydroxylation sites is 1. The zero-order valence-corrected chi connectivity index (χ0v) is 25.1. The Hall–Kier alpha value is -4.95. The maximum Gasteiger partial charge on any atom is 0.188 e. The van der Waals surface area contributed by atoms with Gasteiger partial charge in [-0.3, -0.25) is 0 Å². The summed E-state index contributed by atoms with van der Waals surface area (Å²) >= 11 is 5.53. The van der Waals surface area contributed by atoms with Crippen LogP contribution in [0.5, 0.6) is 11.5 Å². The average Bonchev–Trinajstić information content (AvgIpc) is 3.06. The van der Waals surface area contributed by atoms with Crippen LogP contribution in [0.25, 0.3) is 32.7 Å². The number of aliphatic hydroxyl groups excluding tert-OH is 1. The number of aliphatic hydroxyl groups is 1. The summed E-state index contributed by atoms with van der Waals surface area (Å²) in [7, 11) is 1.58. The molecule has 0 amide bonds. The average molecular weight is 601 g/mol. The van der Waals surface area contributed by atoms with E-state index in [-0.39, 0.29) is 13.4 Å². The van der Waals surface area contributed by atoms with Gasteiger partial charge < -0.3 is 30.0 Å². The monoisotopic (exact) mass is 600 g/mol. The van der Waals surface area contributed by atoms with E-state index in [4.69, 9.17) is 26.4 Å². The van der Waals surface area contributed by atoms with E-state index in [1.54, 1.807) is 7.11 Å². The summed E-state index contributed by atoms with van der Waals surface area (Å²) in [5.74, 6) is 1.27. The minimum absolute atomic E-state index is 0.0417. The Labute approximate surface area is 261 Å². The maximum atomic E-state index is 10.4. The first-order chi connectivity index (χ1) is 21.6. The number of thiocarbonyl (C=S) groups is 1. The molecule has 0 bridgehead atoms. The smallest absolute Gasteiger partial charge is 0.188 e. The van der Waals surface area contributed by atoms with Gasteiger partial charge in [0.2, 0.25) is 0 Å². The predicted molar refractivity (Wildman–Crippen MR) is 182 cm³/mol. The van der Waals surface area contributed by atoms with Crippen LogP contribution < -0.4 is 20.1 Å². The number of benzene rings is 6. The molecule has 0 saturated heterocycles. The third-order valence-corrected chi connectivity index (χ3v) is 7.53. The quantitative estimate of drug-likeness (QED) is 0.108. The predicted octanol–water partition coefficient (Wildman–Crippen LogP) is 8.52. The zero-order valence-electron chi connectivity index (χ0n) is 24.2. The van der Waals surface area contributed by atoms with Gasteiger partial charge in [0.05, 0.1) is 6.61 Å². The molecule has 220 valence electrons.